The number of rotatable bonds is 4. The van der Waals surface area contributed by atoms with E-state index in [0.29, 0.717) is 18.7 Å². The van der Waals surface area contributed by atoms with E-state index in [2.05, 4.69) is 15.0 Å². The van der Waals surface area contributed by atoms with Crippen molar-refractivity contribution in [2.45, 2.75) is 13.1 Å². The predicted octanol–water partition coefficient (Wildman–Crippen LogP) is 1.98. The third kappa shape index (κ3) is 2.68. The van der Waals surface area contributed by atoms with Crippen LogP contribution in [0.5, 0.6) is 0 Å². The van der Waals surface area contributed by atoms with Crippen molar-refractivity contribution in [3.8, 4) is 6.07 Å². The molecule has 0 aliphatic rings. The molecule has 0 saturated heterocycles. The Hall–Kier alpha value is -2.19. The molecule has 0 saturated carbocycles. The molecule has 4 nitrogen and oxygen atoms in total. The van der Waals surface area contributed by atoms with Gasteiger partial charge in [0.1, 0.15) is 18.1 Å². The second kappa shape index (κ2) is 5.23. The van der Waals surface area contributed by atoms with Crippen molar-refractivity contribution in [2.24, 2.45) is 0 Å². The Labute approximate surface area is 97.7 Å². The summed E-state index contributed by atoms with van der Waals surface area (Å²) in [6.45, 7) is 0.834. The van der Waals surface area contributed by atoms with Gasteiger partial charge in [-0.15, -0.1) is 0 Å². The van der Waals surface area contributed by atoms with E-state index in [4.69, 9.17) is 5.26 Å². The highest BCUT2D eigenvalue weighted by atomic mass is 19.1. The topological polar surface area (TPSA) is 61.9 Å². The lowest BCUT2D eigenvalue weighted by Gasteiger charge is -2.05. The lowest BCUT2D eigenvalue weighted by atomic mass is 10.1. The van der Waals surface area contributed by atoms with Gasteiger partial charge in [0.15, 0.2) is 0 Å². The van der Waals surface area contributed by atoms with Gasteiger partial charge in [0, 0.05) is 24.7 Å². The summed E-state index contributed by atoms with van der Waals surface area (Å²) in [7, 11) is 0. The minimum absolute atomic E-state index is 0.0609. The number of aromatic nitrogens is 1. The average molecular weight is 231 g/mol. The van der Waals surface area contributed by atoms with Crippen molar-refractivity contribution in [1.29, 1.82) is 5.26 Å². The van der Waals surface area contributed by atoms with Crippen LogP contribution in [0.3, 0.4) is 0 Å². The summed E-state index contributed by atoms with van der Waals surface area (Å²) in [4.78, 5) is 0. The summed E-state index contributed by atoms with van der Waals surface area (Å²) in [5.41, 5.74) is 1.28. The van der Waals surface area contributed by atoms with Crippen molar-refractivity contribution < 1.29 is 8.91 Å². The van der Waals surface area contributed by atoms with Crippen LogP contribution in [0.2, 0.25) is 0 Å². The van der Waals surface area contributed by atoms with E-state index >= 15 is 0 Å². The van der Waals surface area contributed by atoms with E-state index in [1.165, 1.54) is 12.3 Å². The highest BCUT2D eigenvalue weighted by Crippen LogP contribution is 2.11. The molecule has 0 fully saturated rings. The van der Waals surface area contributed by atoms with Crippen molar-refractivity contribution in [2.75, 3.05) is 0 Å². The number of benzene rings is 1. The molecule has 0 spiro atoms. The van der Waals surface area contributed by atoms with Crippen LogP contribution >= 0.6 is 0 Å². The van der Waals surface area contributed by atoms with Gasteiger partial charge in [0.05, 0.1) is 11.3 Å². The van der Waals surface area contributed by atoms with Crippen LogP contribution in [0.25, 0.3) is 0 Å². The van der Waals surface area contributed by atoms with Gasteiger partial charge < -0.3 is 9.84 Å². The summed E-state index contributed by atoms with van der Waals surface area (Å²) >= 11 is 0. The monoisotopic (exact) mass is 231 g/mol. The summed E-state index contributed by atoms with van der Waals surface area (Å²) < 4.78 is 18.3. The fraction of sp³-hybridized carbons (Fsp3) is 0.167. The Morgan fingerprint density at radius 3 is 2.94 bits per heavy atom. The molecule has 5 heteroatoms. The molecule has 0 bridgehead atoms. The summed E-state index contributed by atoms with van der Waals surface area (Å²) in [6.07, 6.45) is 1.48. The third-order valence-electron chi connectivity index (χ3n) is 2.31. The maximum absolute atomic E-state index is 13.6. The molecule has 1 N–H and O–H groups in total. The third-order valence-corrected chi connectivity index (χ3v) is 2.31. The minimum atomic E-state index is -0.470. The summed E-state index contributed by atoms with van der Waals surface area (Å²) in [5.74, 6) is -0.470. The Balaban J connectivity index is 1.98. The van der Waals surface area contributed by atoms with E-state index in [1.54, 1.807) is 18.2 Å². The lowest BCUT2D eigenvalue weighted by Crippen LogP contribution is -2.14. The molecule has 86 valence electrons. The number of hydrogen-bond donors (Lipinski definition) is 1. The normalized spacial score (nSPS) is 10.1. The van der Waals surface area contributed by atoms with Gasteiger partial charge in [-0.3, -0.25) is 0 Å². The summed E-state index contributed by atoms with van der Waals surface area (Å²) in [5, 5.41) is 15.4. The van der Waals surface area contributed by atoms with Gasteiger partial charge >= 0.3 is 0 Å². The first-order chi connectivity index (χ1) is 8.31. The standard InChI is InChI=1S/C12H10FN3O/c13-12-9(6-14)2-1-3-10(12)7-15-8-11-4-5-17-16-11/h1-5,15H,7-8H2. The Morgan fingerprint density at radius 1 is 1.35 bits per heavy atom. The van der Waals surface area contributed by atoms with Gasteiger partial charge in [-0.25, -0.2) is 4.39 Å². The molecule has 17 heavy (non-hydrogen) atoms. The molecule has 1 heterocycles. The first kappa shape index (κ1) is 11.3. The average Bonchev–Trinajstić information content (AvgIpc) is 2.84. The van der Waals surface area contributed by atoms with Crippen molar-refractivity contribution in [1.82, 2.24) is 10.5 Å². The lowest BCUT2D eigenvalue weighted by molar-refractivity contribution is 0.408. The molecule has 0 amide bonds. The maximum Gasteiger partial charge on any atom is 0.145 e. The van der Waals surface area contributed by atoms with Gasteiger partial charge in [0.2, 0.25) is 0 Å². The molecule has 1 aromatic carbocycles. The quantitative estimate of drug-likeness (QED) is 0.873. The second-order valence-electron chi connectivity index (χ2n) is 3.48. The second-order valence-corrected chi connectivity index (χ2v) is 3.48. The largest absolute Gasteiger partial charge is 0.364 e. The van der Waals surface area contributed by atoms with Crippen LogP contribution in [-0.4, -0.2) is 5.16 Å². The summed E-state index contributed by atoms with van der Waals surface area (Å²) in [6, 6.07) is 8.30. The fourth-order valence-electron chi connectivity index (χ4n) is 1.46. The molecular formula is C12H10FN3O. The van der Waals surface area contributed by atoms with Gasteiger partial charge in [-0.2, -0.15) is 5.26 Å². The van der Waals surface area contributed by atoms with Crippen LogP contribution in [0.1, 0.15) is 16.8 Å². The van der Waals surface area contributed by atoms with E-state index < -0.39 is 5.82 Å². The van der Waals surface area contributed by atoms with E-state index in [-0.39, 0.29) is 5.56 Å². The Kier molecular flexibility index (Phi) is 3.48. The zero-order chi connectivity index (χ0) is 12.1. The van der Waals surface area contributed by atoms with Crippen LogP contribution in [-0.2, 0) is 13.1 Å². The zero-order valence-corrected chi connectivity index (χ0v) is 8.98. The Morgan fingerprint density at radius 2 is 2.24 bits per heavy atom. The SMILES string of the molecule is N#Cc1cccc(CNCc2ccon2)c1F. The van der Waals surface area contributed by atoms with E-state index in [0.717, 1.165) is 5.69 Å². The van der Waals surface area contributed by atoms with Crippen molar-refractivity contribution >= 4 is 0 Å². The molecule has 2 aromatic rings. The van der Waals surface area contributed by atoms with E-state index in [1.807, 2.05) is 6.07 Å². The smallest absolute Gasteiger partial charge is 0.145 e. The molecule has 0 unspecified atom stereocenters. The van der Waals surface area contributed by atoms with E-state index in [9.17, 15) is 4.39 Å². The molecule has 2 rings (SSSR count). The minimum Gasteiger partial charge on any atom is -0.364 e. The van der Waals surface area contributed by atoms with Crippen molar-refractivity contribution in [3.63, 3.8) is 0 Å². The molecule has 0 atom stereocenters. The molecule has 0 aliphatic heterocycles. The fourth-order valence-corrected chi connectivity index (χ4v) is 1.46. The Bertz CT molecular complexity index is 531. The number of halogens is 1. The van der Waals surface area contributed by atoms with Gasteiger partial charge in [0.25, 0.3) is 0 Å². The molecule has 0 aliphatic carbocycles. The van der Waals surface area contributed by atoms with Crippen LogP contribution in [0.4, 0.5) is 4.39 Å². The first-order valence-electron chi connectivity index (χ1n) is 5.08. The number of nitrogens with one attached hydrogen (secondary N) is 1. The molecular weight excluding hydrogens is 221 g/mol. The predicted molar refractivity (Wildman–Crippen MR) is 58.2 cm³/mol. The van der Waals surface area contributed by atoms with Crippen LogP contribution in [0, 0.1) is 17.1 Å². The molecule has 0 radical (unpaired) electrons. The van der Waals surface area contributed by atoms with Crippen LogP contribution in [0.15, 0.2) is 35.1 Å². The number of hydrogen-bond acceptors (Lipinski definition) is 4. The van der Waals surface area contributed by atoms with Crippen molar-refractivity contribution in [3.05, 3.63) is 53.2 Å². The van der Waals surface area contributed by atoms with Gasteiger partial charge in [-0.05, 0) is 6.07 Å². The van der Waals surface area contributed by atoms with Gasteiger partial charge in [-0.1, -0.05) is 17.3 Å². The number of nitrogens with zero attached hydrogens (tertiary/aromatic N) is 2. The maximum atomic E-state index is 13.6. The van der Waals surface area contributed by atoms with Crippen LogP contribution < -0.4 is 5.32 Å². The highest BCUT2D eigenvalue weighted by Gasteiger charge is 2.06. The number of nitriles is 1. The zero-order valence-electron chi connectivity index (χ0n) is 8.98. The highest BCUT2D eigenvalue weighted by molar-refractivity contribution is 5.34. The molecule has 1 aromatic heterocycles. The first-order valence-corrected chi connectivity index (χ1v) is 5.08.